The number of fused-ring (bicyclic) bond motifs is 1. The minimum Gasteiger partial charge on any atom is -0.474 e. The quantitative estimate of drug-likeness (QED) is 0.818. The first-order valence-corrected chi connectivity index (χ1v) is 7.48. The van der Waals surface area contributed by atoms with Crippen molar-refractivity contribution in [2.45, 2.75) is 18.3 Å². The van der Waals surface area contributed by atoms with E-state index in [1.54, 1.807) is 18.2 Å². The summed E-state index contributed by atoms with van der Waals surface area (Å²) in [5.41, 5.74) is 0.624. The van der Waals surface area contributed by atoms with Crippen LogP contribution in [0.25, 0.3) is 0 Å². The molecule has 19 heavy (non-hydrogen) atoms. The highest BCUT2D eigenvalue weighted by molar-refractivity contribution is 7.92. The lowest BCUT2D eigenvalue weighted by molar-refractivity contribution is -0.143. The van der Waals surface area contributed by atoms with Crippen molar-refractivity contribution in [2.24, 2.45) is 0 Å². The van der Waals surface area contributed by atoms with E-state index in [1.807, 2.05) is 0 Å². The van der Waals surface area contributed by atoms with Gasteiger partial charge in [-0.2, -0.15) is 0 Å². The topological polar surface area (TPSA) is 81.7 Å². The van der Waals surface area contributed by atoms with Crippen molar-refractivity contribution in [3.8, 4) is 5.75 Å². The summed E-state index contributed by atoms with van der Waals surface area (Å²) in [5.74, 6) is -0.222. The third kappa shape index (κ3) is 1.94. The molecular formula is C12H13NO5S. The molecule has 0 radical (unpaired) electrons. The second kappa shape index (κ2) is 3.86. The van der Waals surface area contributed by atoms with Gasteiger partial charge in [0, 0.05) is 0 Å². The normalized spacial score (nSPS) is 21.5. The van der Waals surface area contributed by atoms with E-state index >= 15 is 0 Å². The number of rotatable bonds is 2. The van der Waals surface area contributed by atoms with Crippen LogP contribution in [0.5, 0.6) is 5.75 Å². The number of sulfonamides is 1. The van der Waals surface area contributed by atoms with Gasteiger partial charge in [0.15, 0.2) is 0 Å². The first-order valence-electron chi connectivity index (χ1n) is 5.83. The second-order valence-corrected chi connectivity index (χ2v) is 6.43. The maximum atomic E-state index is 11.8. The number of hydrogen-bond donors (Lipinski definition) is 1. The number of carbonyl (C=O) groups is 1. The number of carbonyl (C=O) groups excluding carboxylic acids is 1. The Bertz CT molecular complexity index is 648. The summed E-state index contributed by atoms with van der Waals surface area (Å²) in [4.78, 5) is 11.8. The maximum absolute atomic E-state index is 11.8. The summed E-state index contributed by atoms with van der Waals surface area (Å²) in [6.07, 6.45) is 1.48. The van der Waals surface area contributed by atoms with Gasteiger partial charge in [-0.05, 0) is 30.5 Å². The Morgan fingerprint density at radius 1 is 1.42 bits per heavy atom. The number of nitrogens with one attached hydrogen (secondary N) is 1. The molecule has 0 spiro atoms. The summed E-state index contributed by atoms with van der Waals surface area (Å²) in [6.45, 7) is 0. The van der Waals surface area contributed by atoms with E-state index in [4.69, 9.17) is 9.47 Å². The summed E-state index contributed by atoms with van der Waals surface area (Å²) < 4.78 is 35.1. The summed E-state index contributed by atoms with van der Waals surface area (Å²) in [5, 5.41) is 0. The van der Waals surface area contributed by atoms with E-state index in [2.05, 4.69) is 4.72 Å². The molecular weight excluding hydrogens is 270 g/mol. The standard InChI is InChI=1S/C12H13NO5S/c1-17-11(14)12(4-5-12)8-2-3-9-10(6-8)18-7-19(15,16)13-9/h2-3,6,13H,4-5,7H2,1H3. The molecule has 6 nitrogen and oxygen atoms in total. The fourth-order valence-electron chi connectivity index (χ4n) is 2.29. The van der Waals surface area contributed by atoms with Gasteiger partial charge in [-0.15, -0.1) is 0 Å². The number of esters is 1. The zero-order valence-electron chi connectivity index (χ0n) is 10.3. The molecule has 1 aromatic carbocycles. The predicted octanol–water partition coefficient (Wildman–Crippen LogP) is 0.983. The fraction of sp³-hybridized carbons (Fsp3) is 0.417. The molecule has 0 saturated heterocycles. The van der Waals surface area contributed by atoms with Crippen LogP contribution >= 0.6 is 0 Å². The Balaban J connectivity index is 1.98. The smallest absolute Gasteiger partial charge is 0.316 e. The van der Waals surface area contributed by atoms with Crippen LogP contribution in [-0.2, 0) is 25.0 Å². The minimum absolute atomic E-state index is 0.260. The van der Waals surface area contributed by atoms with Crippen molar-refractivity contribution in [1.29, 1.82) is 0 Å². The molecule has 0 bridgehead atoms. The van der Waals surface area contributed by atoms with E-state index in [9.17, 15) is 13.2 Å². The third-order valence-electron chi connectivity index (χ3n) is 3.50. The highest BCUT2D eigenvalue weighted by Gasteiger charge is 2.52. The molecule has 1 aliphatic carbocycles. The van der Waals surface area contributed by atoms with Crippen LogP contribution in [-0.4, -0.2) is 27.4 Å². The monoisotopic (exact) mass is 283 g/mol. The number of benzene rings is 1. The lowest BCUT2D eigenvalue weighted by Crippen LogP contribution is -2.26. The van der Waals surface area contributed by atoms with Crippen LogP contribution < -0.4 is 9.46 Å². The van der Waals surface area contributed by atoms with Crippen LogP contribution in [0, 0.1) is 0 Å². The Labute approximate surface area is 110 Å². The van der Waals surface area contributed by atoms with Gasteiger partial charge in [0.1, 0.15) is 5.75 Å². The summed E-state index contributed by atoms with van der Waals surface area (Å²) in [6, 6.07) is 5.06. The van der Waals surface area contributed by atoms with Crippen molar-refractivity contribution in [3.63, 3.8) is 0 Å². The van der Waals surface area contributed by atoms with Crippen molar-refractivity contribution in [3.05, 3.63) is 23.8 Å². The average molecular weight is 283 g/mol. The van der Waals surface area contributed by atoms with Gasteiger partial charge in [0.25, 0.3) is 10.0 Å². The minimum atomic E-state index is -3.41. The Morgan fingerprint density at radius 2 is 2.16 bits per heavy atom. The highest BCUT2D eigenvalue weighted by atomic mass is 32.2. The average Bonchev–Trinajstić information content (AvgIpc) is 3.18. The fourth-order valence-corrected chi connectivity index (χ4v) is 3.14. The molecule has 7 heteroatoms. The summed E-state index contributed by atoms with van der Waals surface area (Å²) >= 11 is 0. The molecule has 0 amide bonds. The molecule has 0 unspecified atom stereocenters. The van der Waals surface area contributed by atoms with E-state index in [1.165, 1.54) is 7.11 Å². The second-order valence-electron chi connectivity index (χ2n) is 4.76. The van der Waals surface area contributed by atoms with Gasteiger partial charge in [-0.1, -0.05) is 6.07 Å². The summed E-state index contributed by atoms with van der Waals surface area (Å²) in [7, 11) is -2.05. The number of ether oxygens (including phenoxy) is 2. The first-order chi connectivity index (χ1) is 8.97. The van der Waals surface area contributed by atoms with Crippen LogP contribution in [0.1, 0.15) is 18.4 Å². The Hall–Kier alpha value is -1.76. The van der Waals surface area contributed by atoms with Crippen LogP contribution in [0.15, 0.2) is 18.2 Å². The highest BCUT2D eigenvalue weighted by Crippen LogP contribution is 2.50. The number of anilines is 1. The Morgan fingerprint density at radius 3 is 2.79 bits per heavy atom. The van der Waals surface area contributed by atoms with E-state index in [0.29, 0.717) is 11.4 Å². The van der Waals surface area contributed by atoms with Gasteiger partial charge in [-0.25, -0.2) is 8.42 Å². The third-order valence-corrected chi connectivity index (χ3v) is 4.45. The Kier molecular flexibility index (Phi) is 2.50. The van der Waals surface area contributed by atoms with E-state index in [0.717, 1.165) is 18.4 Å². The zero-order valence-corrected chi connectivity index (χ0v) is 11.1. The van der Waals surface area contributed by atoms with Crippen LogP contribution in [0.4, 0.5) is 5.69 Å². The maximum Gasteiger partial charge on any atom is 0.316 e. The van der Waals surface area contributed by atoms with Gasteiger partial charge < -0.3 is 9.47 Å². The van der Waals surface area contributed by atoms with Crippen LogP contribution in [0.3, 0.4) is 0 Å². The zero-order chi connectivity index (χ0) is 13.7. The van der Waals surface area contributed by atoms with Gasteiger partial charge in [-0.3, -0.25) is 9.52 Å². The molecule has 102 valence electrons. The SMILES string of the molecule is COC(=O)C1(c2ccc3c(c2)OCS(=O)(=O)N3)CC1. The number of methoxy groups -OCH3 is 1. The molecule has 0 atom stereocenters. The van der Waals surface area contributed by atoms with Crippen LogP contribution in [0.2, 0.25) is 0 Å². The van der Waals surface area contributed by atoms with Crippen molar-refractivity contribution < 1.29 is 22.7 Å². The molecule has 3 rings (SSSR count). The molecule has 2 aliphatic rings. The van der Waals surface area contributed by atoms with Crippen molar-refractivity contribution in [1.82, 2.24) is 0 Å². The molecule has 1 N–H and O–H groups in total. The molecule has 1 heterocycles. The molecule has 1 aromatic rings. The molecule has 1 aliphatic heterocycles. The first kappa shape index (κ1) is 12.3. The molecule has 1 saturated carbocycles. The van der Waals surface area contributed by atoms with E-state index < -0.39 is 21.4 Å². The molecule has 0 aromatic heterocycles. The lowest BCUT2D eigenvalue weighted by atomic mass is 9.95. The predicted molar refractivity (Wildman–Crippen MR) is 67.4 cm³/mol. The molecule has 1 fully saturated rings. The lowest BCUT2D eigenvalue weighted by Gasteiger charge is -2.21. The number of hydrogen-bond acceptors (Lipinski definition) is 5. The van der Waals surface area contributed by atoms with Gasteiger partial charge in [0.2, 0.25) is 5.94 Å². The van der Waals surface area contributed by atoms with E-state index in [-0.39, 0.29) is 5.97 Å². The van der Waals surface area contributed by atoms with Gasteiger partial charge in [0.05, 0.1) is 18.2 Å². The largest absolute Gasteiger partial charge is 0.474 e. The van der Waals surface area contributed by atoms with Crippen molar-refractivity contribution in [2.75, 3.05) is 17.8 Å². The van der Waals surface area contributed by atoms with Crippen molar-refractivity contribution >= 4 is 21.7 Å². The van der Waals surface area contributed by atoms with Gasteiger partial charge >= 0.3 is 5.97 Å².